The number of nitrogens with zero attached hydrogens (tertiary/aromatic N) is 7. The lowest BCUT2D eigenvalue weighted by atomic mass is 10.3. The van der Waals surface area contributed by atoms with E-state index in [9.17, 15) is 0 Å². The molecular formula is C19H21N7OS. The second-order valence-electron chi connectivity index (χ2n) is 6.32. The summed E-state index contributed by atoms with van der Waals surface area (Å²) in [5.41, 5.74) is 3.52. The predicted molar refractivity (Wildman–Crippen MR) is 111 cm³/mol. The molecule has 4 rings (SSSR count). The Hall–Kier alpha value is -3.07. The van der Waals surface area contributed by atoms with Crippen LogP contribution in [0.4, 0.5) is 0 Å². The van der Waals surface area contributed by atoms with E-state index >= 15 is 0 Å². The molecule has 4 aromatic heterocycles. The first-order valence-electron chi connectivity index (χ1n) is 8.79. The first kappa shape index (κ1) is 18.3. The zero-order valence-corrected chi connectivity index (χ0v) is 17.1. The SMILES string of the molecule is C=S(CC)c1ccc(-n2cnc(OC)n2)nc1-c1nc2cc(C)cnc2n1C. The fourth-order valence-corrected chi connectivity index (χ4v) is 3.93. The van der Waals surface area contributed by atoms with Crippen LogP contribution in [0.3, 0.4) is 0 Å². The minimum Gasteiger partial charge on any atom is -0.466 e. The quantitative estimate of drug-likeness (QED) is 0.483. The fraction of sp³-hybridized carbons (Fsp3) is 0.263. The van der Waals surface area contributed by atoms with Gasteiger partial charge in [-0.15, -0.1) is 5.10 Å². The molecule has 0 N–H and O–H groups in total. The molecular weight excluding hydrogens is 374 g/mol. The summed E-state index contributed by atoms with van der Waals surface area (Å²) in [6, 6.07) is 6.28. The number of hydrogen-bond donors (Lipinski definition) is 0. The molecule has 0 aliphatic heterocycles. The third kappa shape index (κ3) is 3.07. The lowest BCUT2D eigenvalue weighted by molar-refractivity contribution is 0.379. The second kappa shape index (κ2) is 7.16. The summed E-state index contributed by atoms with van der Waals surface area (Å²) in [7, 11) is 3.28. The van der Waals surface area contributed by atoms with Gasteiger partial charge in [-0.3, -0.25) is 0 Å². The van der Waals surface area contributed by atoms with Gasteiger partial charge < -0.3 is 9.30 Å². The van der Waals surface area contributed by atoms with Gasteiger partial charge in [0.15, 0.2) is 17.3 Å². The number of ether oxygens (including phenoxy) is 1. The molecule has 0 spiro atoms. The third-order valence-corrected chi connectivity index (χ3v) is 6.10. The smallest absolute Gasteiger partial charge is 0.335 e. The van der Waals surface area contributed by atoms with Gasteiger partial charge in [0.2, 0.25) is 0 Å². The van der Waals surface area contributed by atoms with Crippen molar-refractivity contribution in [1.29, 1.82) is 0 Å². The Kier molecular flexibility index (Phi) is 4.68. The molecule has 1 unspecified atom stereocenters. The number of methoxy groups -OCH3 is 1. The highest BCUT2D eigenvalue weighted by Crippen LogP contribution is 2.34. The van der Waals surface area contributed by atoms with Crippen LogP contribution in [0.5, 0.6) is 6.01 Å². The van der Waals surface area contributed by atoms with Crippen LogP contribution >= 0.6 is 10.5 Å². The summed E-state index contributed by atoms with van der Waals surface area (Å²) in [6.07, 6.45) is 3.42. The Labute approximate surface area is 165 Å². The summed E-state index contributed by atoms with van der Waals surface area (Å²) in [5, 5.41) is 4.27. The predicted octanol–water partition coefficient (Wildman–Crippen LogP) is 3.01. The Balaban J connectivity index is 1.94. The molecule has 4 aromatic rings. The summed E-state index contributed by atoms with van der Waals surface area (Å²) >= 11 is 0. The number of pyridine rings is 2. The molecule has 28 heavy (non-hydrogen) atoms. The van der Waals surface area contributed by atoms with Gasteiger partial charge in [0.1, 0.15) is 17.5 Å². The third-order valence-electron chi connectivity index (χ3n) is 4.45. The molecule has 0 saturated heterocycles. The van der Waals surface area contributed by atoms with Crippen molar-refractivity contribution in [2.24, 2.45) is 7.05 Å². The average molecular weight is 395 g/mol. The van der Waals surface area contributed by atoms with Gasteiger partial charge in [-0.25, -0.2) is 15.0 Å². The molecule has 9 heteroatoms. The van der Waals surface area contributed by atoms with Crippen LogP contribution in [0.25, 0.3) is 28.5 Å². The van der Waals surface area contributed by atoms with Gasteiger partial charge in [-0.2, -0.15) is 20.1 Å². The first-order chi connectivity index (χ1) is 13.5. The highest BCUT2D eigenvalue weighted by molar-refractivity contribution is 8.14. The molecule has 0 aromatic carbocycles. The van der Waals surface area contributed by atoms with E-state index < -0.39 is 0 Å². The molecule has 0 aliphatic rings. The van der Waals surface area contributed by atoms with Crippen molar-refractivity contribution in [3.63, 3.8) is 0 Å². The zero-order valence-electron chi connectivity index (χ0n) is 16.2. The van der Waals surface area contributed by atoms with Gasteiger partial charge in [-0.05, 0) is 36.4 Å². The molecule has 0 amide bonds. The topological polar surface area (TPSA) is 83.5 Å². The molecule has 0 fully saturated rings. The monoisotopic (exact) mass is 395 g/mol. The van der Waals surface area contributed by atoms with Crippen LogP contribution in [0.2, 0.25) is 0 Å². The molecule has 0 bridgehead atoms. The van der Waals surface area contributed by atoms with E-state index in [0.717, 1.165) is 38.9 Å². The van der Waals surface area contributed by atoms with Crippen LogP contribution in [0, 0.1) is 6.92 Å². The fourth-order valence-electron chi connectivity index (χ4n) is 2.95. The maximum Gasteiger partial charge on any atom is 0.335 e. The summed E-state index contributed by atoms with van der Waals surface area (Å²) in [4.78, 5) is 19.4. The van der Waals surface area contributed by atoms with E-state index in [1.807, 2.05) is 42.9 Å². The maximum absolute atomic E-state index is 5.08. The highest BCUT2D eigenvalue weighted by Gasteiger charge is 2.18. The van der Waals surface area contributed by atoms with E-state index in [2.05, 4.69) is 27.9 Å². The lowest BCUT2D eigenvalue weighted by Crippen LogP contribution is -2.04. The van der Waals surface area contributed by atoms with E-state index in [4.69, 9.17) is 14.7 Å². The van der Waals surface area contributed by atoms with Gasteiger partial charge in [-0.1, -0.05) is 12.8 Å². The number of hydrogen-bond acceptors (Lipinski definition) is 6. The average Bonchev–Trinajstić information content (AvgIpc) is 3.31. The van der Waals surface area contributed by atoms with Crippen molar-refractivity contribution in [1.82, 2.24) is 34.3 Å². The standard InChI is InChI=1S/C19H21N7OS/c1-6-28(5)14-7-8-15(26-11-21-19(24-26)27-4)23-16(14)18-22-13-9-12(2)10-20-17(13)25(18)3/h7-11H,5-6H2,1-4H3. The van der Waals surface area contributed by atoms with Crippen molar-refractivity contribution >= 4 is 27.5 Å². The minimum absolute atomic E-state index is 0.204. The zero-order chi connectivity index (χ0) is 19.8. The number of aromatic nitrogens is 7. The largest absolute Gasteiger partial charge is 0.466 e. The molecule has 0 aliphatic carbocycles. The van der Waals surface area contributed by atoms with Crippen LogP contribution in [-0.4, -0.2) is 53.0 Å². The van der Waals surface area contributed by atoms with Crippen LogP contribution in [0.15, 0.2) is 35.6 Å². The lowest BCUT2D eigenvalue weighted by Gasteiger charge is -2.12. The Morgan fingerprint density at radius 3 is 2.75 bits per heavy atom. The van der Waals surface area contributed by atoms with E-state index in [1.165, 1.54) is 7.11 Å². The number of fused-ring (bicyclic) bond motifs is 1. The molecule has 4 heterocycles. The van der Waals surface area contributed by atoms with Crippen molar-refractivity contribution in [3.05, 3.63) is 36.3 Å². The van der Waals surface area contributed by atoms with E-state index in [1.54, 1.807) is 11.0 Å². The summed E-state index contributed by atoms with van der Waals surface area (Å²) in [5.74, 6) is 6.63. The summed E-state index contributed by atoms with van der Waals surface area (Å²) in [6.45, 7) is 4.13. The van der Waals surface area contributed by atoms with Gasteiger partial charge >= 0.3 is 6.01 Å². The normalized spacial score (nSPS) is 12.4. The second-order valence-corrected chi connectivity index (χ2v) is 8.33. The van der Waals surface area contributed by atoms with Gasteiger partial charge in [0, 0.05) is 18.1 Å². The first-order valence-corrected chi connectivity index (χ1v) is 10.3. The molecule has 1 atom stereocenters. The molecule has 144 valence electrons. The van der Waals surface area contributed by atoms with Gasteiger partial charge in [0.05, 0.1) is 7.11 Å². The van der Waals surface area contributed by atoms with Crippen molar-refractivity contribution < 1.29 is 4.74 Å². The van der Waals surface area contributed by atoms with Gasteiger partial charge in [0.25, 0.3) is 0 Å². The maximum atomic E-state index is 5.08. The van der Waals surface area contributed by atoms with Crippen LogP contribution < -0.4 is 4.74 Å². The van der Waals surface area contributed by atoms with Crippen molar-refractivity contribution in [2.75, 3.05) is 12.9 Å². The van der Waals surface area contributed by atoms with Crippen LogP contribution in [-0.2, 0) is 7.05 Å². The van der Waals surface area contributed by atoms with Crippen molar-refractivity contribution in [3.8, 4) is 23.3 Å². The number of imidazole rings is 1. The van der Waals surface area contributed by atoms with E-state index in [-0.39, 0.29) is 10.5 Å². The highest BCUT2D eigenvalue weighted by atomic mass is 32.2. The van der Waals surface area contributed by atoms with Crippen LogP contribution in [0.1, 0.15) is 12.5 Å². The molecule has 8 nitrogen and oxygen atoms in total. The molecule has 0 radical (unpaired) electrons. The number of aryl methyl sites for hydroxylation is 2. The van der Waals surface area contributed by atoms with E-state index in [0.29, 0.717) is 11.8 Å². The Bertz CT molecular complexity index is 1190. The summed E-state index contributed by atoms with van der Waals surface area (Å²) < 4.78 is 8.64. The Morgan fingerprint density at radius 1 is 1.21 bits per heavy atom. The minimum atomic E-state index is -0.204. The number of rotatable bonds is 5. The Morgan fingerprint density at radius 2 is 2.04 bits per heavy atom. The van der Waals surface area contributed by atoms with Crippen molar-refractivity contribution in [2.45, 2.75) is 18.7 Å². The molecule has 0 saturated carbocycles.